The third-order valence-corrected chi connectivity index (χ3v) is 6.99. The second kappa shape index (κ2) is 15.5. The van der Waals surface area contributed by atoms with Crippen LogP contribution in [0.5, 0.6) is 5.75 Å². The Morgan fingerprint density at radius 2 is 1.25 bits per heavy atom. The minimum atomic E-state index is 0. The van der Waals surface area contributed by atoms with E-state index in [1.807, 2.05) is 36.4 Å². The fourth-order valence-corrected chi connectivity index (χ4v) is 4.67. The number of hydrogen-bond acceptors (Lipinski definition) is 1. The van der Waals surface area contributed by atoms with Gasteiger partial charge in [0.1, 0.15) is 0 Å². The Kier molecular flexibility index (Phi) is 12.7. The Morgan fingerprint density at radius 1 is 0.694 bits per heavy atom. The van der Waals surface area contributed by atoms with Gasteiger partial charge in [-0.3, -0.25) is 0 Å². The van der Waals surface area contributed by atoms with Gasteiger partial charge < -0.3 is 29.6 Å². The number of rotatable bonds is 3. The van der Waals surface area contributed by atoms with Crippen molar-refractivity contribution in [3.8, 4) is 16.9 Å². The minimum Gasteiger partial charge on any atom is -0.214 e. The summed E-state index contributed by atoms with van der Waals surface area (Å²) in [5, 5.41) is 0. The molecule has 4 heteroatoms. The summed E-state index contributed by atoms with van der Waals surface area (Å²) in [7, 11) is 1.68. The van der Waals surface area contributed by atoms with Crippen molar-refractivity contribution in [2.24, 2.45) is 0 Å². The van der Waals surface area contributed by atoms with Crippen LogP contribution in [0, 0.1) is 6.07 Å². The summed E-state index contributed by atoms with van der Waals surface area (Å²) in [5.41, 5.74) is 7.93. The second-order valence-corrected chi connectivity index (χ2v) is 9.05. The average molecular weight is 589 g/mol. The maximum Gasteiger partial charge on any atom is -0.172 e. The van der Waals surface area contributed by atoms with Gasteiger partial charge in [0, 0.05) is 5.75 Å². The Bertz CT molecular complexity index is 1260. The van der Waals surface area contributed by atoms with Crippen molar-refractivity contribution in [2.45, 2.75) is 6.42 Å². The Morgan fingerprint density at radius 3 is 1.78 bits per heavy atom. The van der Waals surface area contributed by atoms with Gasteiger partial charge in [0.05, 0.1) is 7.11 Å². The van der Waals surface area contributed by atoms with Gasteiger partial charge in [-0.25, -0.2) is 12.1 Å². The van der Waals surface area contributed by atoms with Crippen LogP contribution in [-0.2, 0) is 30.7 Å². The van der Waals surface area contributed by atoms with Gasteiger partial charge >= 0.3 is 99.2 Å². The van der Waals surface area contributed by atoms with E-state index in [1.54, 1.807) is 7.11 Å². The molecule has 0 spiro atoms. The van der Waals surface area contributed by atoms with E-state index in [9.17, 15) is 0 Å². The molecule has 0 fully saturated rings. The summed E-state index contributed by atoms with van der Waals surface area (Å²) < 4.78 is 6.60. The van der Waals surface area contributed by atoms with E-state index in [2.05, 4.69) is 97.1 Å². The Balaban J connectivity index is 0.000000204. The molecule has 1 nitrogen and oxygen atoms in total. The largest absolute Gasteiger partial charge is 0.214 e. The molecular formula is C32H26Cl2OZr-2. The van der Waals surface area contributed by atoms with Crippen LogP contribution >= 0.6 is 0 Å². The average Bonchev–Trinajstić information content (AvgIpc) is 3.61. The zero-order chi connectivity index (χ0) is 23.6. The van der Waals surface area contributed by atoms with E-state index in [0.29, 0.717) is 0 Å². The zero-order valence-electron chi connectivity index (χ0n) is 20.0. The molecule has 0 saturated carbocycles. The molecule has 0 atom stereocenters. The summed E-state index contributed by atoms with van der Waals surface area (Å²) in [6.45, 7) is 0. The number of benzene rings is 4. The Labute approximate surface area is 241 Å². The molecule has 36 heavy (non-hydrogen) atoms. The number of fused-ring (bicyclic) bond motifs is 3. The molecule has 180 valence electrons. The molecule has 0 saturated heterocycles. The fraction of sp³-hybridized carbons (Fsp3) is 0.0625. The third-order valence-electron chi connectivity index (χ3n) is 5.58. The predicted octanol–water partition coefficient (Wildman–Crippen LogP) is 1.28. The number of halogens is 2. The van der Waals surface area contributed by atoms with Crippen molar-refractivity contribution in [2.75, 3.05) is 7.11 Å². The summed E-state index contributed by atoms with van der Waals surface area (Å²) in [6.07, 6.45) is 0.975. The van der Waals surface area contributed by atoms with Crippen LogP contribution in [0.2, 0.25) is 0 Å². The van der Waals surface area contributed by atoms with Gasteiger partial charge in [0.2, 0.25) is 0 Å². The molecule has 0 aromatic heterocycles. The summed E-state index contributed by atoms with van der Waals surface area (Å²) in [6, 6.07) is 47.0. The predicted molar refractivity (Wildman–Crippen MR) is 138 cm³/mol. The molecule has 6 rings (SSSR count). The fourth-order valence-electron chi connectivity index (χ4n) is 3.85. The molecule has 1 aliphatic rings. The molecule has 0 amide bonds. The van der Waals surface area contributed by atoms with Crippen LogP contribution in [0.4, 0.5) is 0 Å². The minimum absolute atomic E-state index is 0. The standard InChI is InChI=1S/C14H11O.C13H10.C5H5.2ClH.Zr/c1-15-12-6-7-14-11(9-12)8-10-4-2-3-5-13(10)14;1-3-7-12(8-4-1)11-13-9-5-2-6-10-13;1-2-4-5-3-1;;;/h2-7H,8H2,1H3;1-10H;1-5H;2*1H;/q-1;;-1;;;+2/p-2. The molecule has 5 aromatic rings. The van der Waals surface area contributed by atoms with Gasteiger partial charge in [0.25, 0.3) is 0 Å². The normalized spacial score (nSPS) is 9.97. The van der Waals surface area contributed by atoms with Crippen LogP contribution in [0.15, 0.2) is 127 Å². The van der Waals surface area contributed by atoms with E-state index < -0.39 is 0 Å². The second-order valence-electron chi connectivity index (χ2n) is 7.82. The SMILES string of the molecule is COc1[c-]c2c(cc1)-c1ccccc1C2.[Cl-].[Cl-].[Zr+2]=[C](c1ccccc1)c1ccccc1.c1cc[cH-]c1. The van der Waals surface area contributed by atoms with Crippen molar-refractivity contribution in [3.05, 3.63) is 156 Å². The van der Waals surface area contributed by atoms with Crippen molar-refractivity contribution in [1.82, 2.24) is 0 Å². The number of methoxy groups -OCH3 is 1. The van der Waals surface area contributed by atoms with E-state index in [1.165, 1.54) is 60.8 Å². The van der Waals surface area contributed by atoms with Crippen molar-refractivity contribution in [3.63, 3.8) is 0 Å². The van der Waals surface area contributed by atoms with E-state index in [-0.39, 0.29) is 24.8 Å². The van der Waals surface area contributed by atoms with E-state index in [0.717, 1.165) is 12.2 Å². The molecule has 0 unspecified atom stereocenters. The first kappa shape index (κ1) is 29.6. The van der Waals surface area contributed by atoms with E-state index >= 15 is 0 Å². The van der Waals surface area contributed by atoms with Crippen LogP contribution < -0.4 is 29.6 Å². The van der Waals surface area contributed by atoms with Gasteiger partial charge in [-0.1, -0.05) is 35.4 Å². The van der Waals surface area contributed by atoms with E-state index in [4.69, 9.17) is 4.74 Å². The van der Waals surface area contributed by atoms with Gasteiger partial charge in [-0.15, -0.1) is 23.3 Å². The molecule has 0 bridgehead atoms. The van der Waals surface area contributed by atoms with Crippen LogP contribution in [0.3, 0.4) is 0 Å². The summed E-state index contributed by atoms with van der Waals surface area (Å²) in [5.74, 6) is 0.821. The first-order valence-electron chi connectivity index (χ1n) is 11.3. The summed E-state index contributed by atoms with van der Waals surface area (Å²) in [4.78, 5) is 0. The van der Waals surface area contributed by atoms with Crippen LogP contribution in [0.25, 0.3) is 11.1 Å². The van der Waals surface area contributed by atoms with Crippen molar-refractivity contribution in [1.29, 1.82) is 0 Å². The number of hydrogen-bond donors (Lipinski definition) is 0. The maximum atomic E-state index is 5.18. The molecule has 1 aliphatic carbocycles. The van der Waals surface area contributed by atoms with Crippen LogP contribution in [-0.4, -0.2) is 10.3 Å². The van der Waals surface area contributed by atoms with Gasteiger partial charge in [-0.05, 0) is 6.42 Å². The molecule has 0 radical (unpaired) electrons. The zero-order valence-corrected chi connectivity index (χ0v) is 24.0. The molecule has 5 aromatic carbocycles. The number of ether oxygens (including phenoxy) is 1. The maximum absolute atomic E-state index is 5.18. The third kappa shape index (κ3) is 7.94. The molecule has 0 heterocycles. The molecule has 0 N–H and O–H groups in total. The Hall–Kier alpha value is -2.64. The van der Waals surface area contributed by atoms with Crippen molar-refractivity contribution < 1.29 is 53.8 Å². The summed E-state index contributed by atoms with van der Waals surface area (Å²) >= 11 is 1.46. The van der Waals surface area contributed by atoms with Gasteiger partial charge in [-0.2, -0.15) is 24.3 Å². The van der Waals surface area contributed by atoms with Crippen LogP contribution in [0.1, 0.15) is 22.3 Å². The van der Waals surface area contributed by atoms with Gasteiger partial charge in [0.15, 0.2) is 0 Å². The first-order chi connectivity index (χ1) is 16.8. The molecular weight excluding hydrogens is 562 g/mol. The smallest absolute Gasteiger partial charge is 0.172 e. The molecule has 0 aliphatic heterocycles. The topological polar surface area (TPSA) is 9.23 Å². The monoisotopic (exact) mass is 586 g/mol. The van der Waals surface area contributed by atoms with Crippen molar-refractivity contribution >= 4 is 3.21 Å². The quantitative estimate of drug-likeness (QED) is 0.283. The first-order valence-corrected chi connectivity index (χ1v) is 12.5.